The van der Waals surface area contributed by atoms with Crippen LogP contribution in [0.25, 0.3) is 0 Å². The van der Waals surface area contributed by atoms with Gasteiger partial charge in [0.05, 0.1) is 17.9 Å². The van der Waals surface area contributed by atoms with E-state index in [9.17, 15) is 15.4 Å². The molecule has 0 aromatic rings. The first-order chi connectivity index (χ1) is 11.8. The van der Waals surface area contributed by atoms with E-state index in [1.54, 1.807) is 0 Å². The minimum absolute atomic E-state index is 0.0638. The number of aliphatic hydroxyl groups excluding tert-OH is 2. The first kappa shape index (κ1) is 17.8. The Kier molecular flexibility index (Phi) is 4.23. The number of rotatable bonds is 1. The zero-order valence-corrected chi connectivity index (χ0v) is 16.0. The number of fused-ring (bicyclic) bond motifs is 5. The molecule has 0 radical (unpaired) electrons. The average molecular weight is 350 g/mol. The molecule has 0 spiro atoms. The molecule has 0 heterocycles. The lowest BCUT2D eigenvalue weighted by Gasteiger charge is -2.60. The lowest BCUT2D eigenvalue weighted by Crippen LogP contribution is -2.58. The molecule has 4 aliphatic rings. The standard InChI is InChI=1S/C21H35NO3/c1-12(23)16-6-7-17-15-5-4-13-10-14(24)8-9-20(13,2)19(15)18(22-25)11-21(16,17)3/h12-17,19,23-25H,4-11H2,1-3H3/b22-18+/t12-,13+,14+,15-,16-,17+,19+,20-,21+/m0/s1. The third-order valence-corrected chi connectivity index (χ3v) is 9.12. The fourth-order valence-electron chi connectivity index (χ4n) is 8.01. The highest BCUT2D eigenvalue weighted by molar-refractivity contribution is 5.89. The highest BCUT2D eigenvalue weighted by atomic mass is 16.4. The minimum atomic E-state index is -0.289. The molecular formula is C21H35NO3. The fourth-order valence-corrected chi connectivity index (χ4v) is 8.01. The molecule has 0 bridgehead atoms. The fraction of sp³-hybridized carbons (Fsp3) is 0.952. The first-order valence-electron chi connectivity index (χ1n) is 10.4. The van der Waals surface area contributed by atoms with Crippen LogP contribution in [0.1, 0.15) is 72.1 Å². The van der Waals surface area contributed by atoms with Crippen LogP contribution in [0.5, 0.6) is 0 Å². The van der Waals surface area contributed by atoms with E-state index >= 15 is 0 Å². The Labute approximate surface area is 151 Å². The summed E-state index contributed by atoms with van der Waals surface area (Å²) >= 11 is 0. The van der Waals surface area contributed by atoms with E-state index < -0.39 is 0 Å². The molecule has 0 aromatic carbocycles. The molecule has 4 nitrogen and oxygen atoms in total. The van der Waals surface area contributed by atoms with Gasteiger partial charge in [-0.1, -0.05) is 19.0 Å². The minimum Gasteiger partial charge on any atom is -0.411 e. The Morgan fingerprint density at radius 2 is 1.84 bits per heavy atom. The molecule has 3 N–H and O–H groups in total. The van der Waals surface area contributed by atoms with Crippen molar-refractivity contribution in [2.24, 2.45) is 45.6 Å². The van der Waals surface area contributed by atoms with Crippen molar-refractivity contribution in [2.45, 2.75) is 84.3 Å². The Balaban J connectivity index is 1.71. The quantitative estimate of drug-likeness (QED) is 0.497. The zero-order chi connectivity index (χ0) is 18.0. The summed E-state index contributed by atoms with van der Waals surface area (Å²) in [5.74, 6) is 2.42. The van der Waals surface area contributed by atoms with Crippen LogP contribution in [-0.2, 0) is 0 Å². The second-order valence-corrected chi connectivity index (χ2v) is 10.2. The van der Waals surface area contributed by atoms with Gasteiger partial charge in [-0.05, 0) is 92.8 Å². The highest BCUT2D eigenvalue weighted by Crippen LogP contribution is 2.66. The van der Waals surface area contributed by atoms with Gasteiger partial charge < -0.3 is 15.4 Å². The van der Waals surface area contributed by atoms with Gasteiger partial charge in [0.2, 0.25) is 0 Å². The molecule has 0 amide bonds. The van der Waals surface area contributed by atoms with E-state index in [0.29, 0.717) is 29.6 Å². The topological polar surface area (TPSA) is 73.0 Å². The van der Waals surface area contributed by atoms with Gasteiger partial charge in [-0.25, -0.2) is 0 Å². The maximum Gasteiger partial charge on any atom is 0.0615 e. The largest absolute Gasteiger partial charge is 0.411 e. The van der Waals surface area contributed by atoms with Gasteiger partial charge in [-0.3, -0.25) is 0 Å². The van der Waals surface area contributed by atoms with Gasteiger partial charge in [-0.2, -0.15) is 0 Å². The third kappa shape index (κ3) is 2.43. The Bertz CT molecular complexity index is 561. The molecule has 0 saturated heterocycles. The predicted octanol–water partition coefficient (Wildman–Crippen LogP) is 3.83. The molecule has 0 aromatic heterocycles. The van der Waals surface area contributed by atoms with Crippen molar-refractivity contribution in [3.63, 3.8) is 0 Å². The lowest BCUT2D eigenvalue weighted by molar-refractivity contribution is -0.0897. The van der Waals surface area contributed by atoms with Crippen LogP contribution in [0.2, 0.25) is 0 Å². The number of nitrogens with zero attached hydrogens (tertiary/aromatic N) is 1. The van der Waals surface area contributed by atoms with Crippen molar-refractivity contribution in [1.29, 1.82) is 0 Å². The second kappa shape index (κ2) is 5.95. The zero-order valence-electron chi connectivity index (χ0n) is 16.0. The Morgan fingerprint density at radius 1 is 1.08 bits per heavy atom. The summed E-state index contributed by atoms with van der Waals surface area (Å²) in [5.41, 5.74) is 1.21. The molecule has 4 saturated carbocycles. The summed E-state index contributed by atoms with van der Waals surface area (Å²) in [5, 5.41) is 34.3. The lowest BCUT2D eigenvalue weighted by atomic mass is 9.44. The van der Waals surface area contributed by atoms with Gasteiger partial charge in [0.15, 0.2) is 0 Å². The van der Waals surface area contributed by atoms with Crippen molar-refractivity contribution in [3.05, 3.63) is 0 Å². The average Bonchev–Trinajstić information content (AvgIpc) is 2.91. The summed E-state index contributed by atoms with van der Waals surface area (Å²) in [6, 6.07) is 0. The molecule has 9 atom stereocenters. The van der Waals surface area contributed by atoms with Crippen molar-refractivity contribution in [1.82, 2.24) is 0 Å². The summed E-state index contributed by atoms with van der Waals surface area (Å²) in [6.45, 7) is 6.67. The van der Waals surface area contributed by atoms with Crippen molar-refractivity contribution in [2.75, 3.05) is 0 Å². The van der Waals surface area contributed by atoms with E-state index in [-0.39, 0.29) is 23.0 Å². The van der Waals surface area contributed by atoms with Crippen LogP contribution in [0.4, 0.5) is 0 Å². The van der Waals surface area contributed by atoms with Crippen molar-refractivity contribution < 1.29 is 15.4 Å². The molecule has 25 heavy (non-hydrogen) atoms. The van der Waals surface area contributed by atoms with E-state index in [0.717, 1.165) is 37.8 Å². The van der Waals surface area contributed by atoms with Crippen LogP contribution in [0.15, 0.2) is 5.16 Å². The first-order valence-corrected chi connectivity index (χ1v) is 10.4. The van der Waals surface area contributed by atoms with Crippen LogP contribution < -0.4 is 0 Å². The molecule has 142 valence electrons. The predicted molar refractivity (Wildman–Crippen MR) is 97.5 cm³/mol. The number of oxime groups is 1. The summed E-state index contributed by atoms with van der Waals surface area (Å²) in [4.78, 5) is 0. The molecule has 0 unspecified atom stereocenters. The smallest absolute Gasteiger partial charge is 0.0615 e. The SMILES string of the molecule is C[C@H](O)[C@@H]1CC[C@@H]2[C@@H]3CC[C@@H]4C[C@H](O)CC[C@]4(C)[C@H]3/C(=N/O)C[C@@]21C. The molecule has 4 aliphatic carbocycles. The van der Waals surface area contributed by atoms with Gasteiger partial charge in [-0.15, -0.1) is 0 Å². The number of hydrogen-bond acceptors (Lipinski definition) is 4. The van der Waals surface area contributed by atoms with Gasteiger partial charge in [0.25, 0.3) is 0 Å². The molecular weight excluding hydrogens is 314 g/mol. The monoisotopic (exact) mass is 349 g/mol. The van der Waals surface area contributed by atoms with Crippen LogP contribution in [0, 0.1) is 40.4 Å². The third-order valence-electron chi connectivity index (χ3n) is 9.12. The highest BCUT2D eigenvalue weighted by Gasteiger charge is 2.63. The van der Waals surface area contributed by atoms with Crippen LogP contribution >= 0.6 is 0 Å². The van der Waals surface area contributed by atoms with E-state index in [1.165, 1.54) is 19.3 Å². The molecule has 4 heteroatoms. The van der Waals surface area contributed by atoms with Gasteiger partial charge in [0, 0.05) is 5.92 Å². The normalized spacial score (nSPS) is 55.3. The van der Waals surface area contributed by atoms with Crippen molar-refractivity contribution in [3.8, 4) is 0 Å². The van der Waals surface area contributed by atoms with Crippen LogP contribution in [-0.4, -0.2) is 33.3 Å². The summed E-state index contributed by atoms with van der Waals surface area (Å²) in [7, 11) is 0. The maximum atomic E-state index is 10.3. The Hall–Kier alpha value is -0.610. The number of hydrogen-bond donors (Lipinski definition) is 3. The molecule has 4 fully saturated rings. The molecule has 4 rings (SSSR count). The Morgan fingerprint density at radius 3 is 2.52 bits per heavy atom. The summed E-state index contributed by atoms with van der Waals surface area (Å²) in [6.07, 6.45) is 7.91. The van der Waals surface area contributed by atoms with Gasteiger partial charge >= 0.3 is 0 Å². The van der Waals surface area contributed by atoms with Crippen molar-refractivity contribution >= 4 is 5.71 Å². The number of aliphatic hydroxyl groups is 2. The van der Waals surface area contributed by atoms with Gasteiger partial charge in [0.1, 0.15) is 0 Å². The van der Waals surface area contributed by atoms with E-state index in [1.807, 2.05) is 6.92 Å². The summed E-state index contributed by atoms with van der Waals surface area (Å²) < 4.78 is 0. The maximum absolute atomic E-state index is 10.3. The van der Waals surface area contributed by atoms with E-state index in [2.05, 4.69) is 19.0 Å². The van der Waals surface area contributed by atoms with Crippen LogP contribution in [0.3, 0.4) is 0 Å². The van der Waals surface area contributed by atoms with E-state index in [4.69, 9.17) is 0 Å². The second-order valence-electron chi connectivity index (χ2n) is 10.2. The molecule has 0 aliphatic heterocycles.